The molecule has 3 heterocycles. The van der Waals surface area contributed by atoms with E-state index in [1.54, 1.807) is 58.0 Å². The van der Waals surface area contributed by atoms with E-state index in [0.29, 0.717) is 43.2 Å². The Balaban J connectivity index is 1.27. The highest BCUT2D eigenvalue weighted by Crippen LogP contribution is 2.28. The minimum Gasteiger partial charge on any atom is -0.508 e. The van der Waals surface area contributed by atoms with Crippen molar-refractivity contribution in [2.45, 2.75) is 203 Å². The smallest absolute Gasteiger partial charge is 0.326 e. The van der Waals surface area contributed by atoms with Crippen molar-refractivity contribution in [2.75, 3.05) is 50.8 Å². The zero-order valence-electron chi connectivity index (χ0n) is 60.5. The summed E-state index contributed by atoms with van der Waals surface area (Å²) in [4.78, 5) is 198. The first-order valence-electron chi connectivity index (χ1n) is 35.6. The number of aliphatic hydroxyl groups excluding tert-OH is 2. The lowest BCUT2D eigenvalue weighted by atomic mass is 9.96. The third kappa shape index (κ3) is 25.4. The number of aliphatic carboxylic acids is 1. The number of benzene rings is 2. The number of aliphatic hydroxyl groups is 2. The molecule has 3 aliphatic heterocycles. The quantitative estimate of drug-likeness (QED) is 0.0130. The molecule has 0 radical (unpaired) electrons. The van der Waals surface area contributed by atoms with Gasteiger partial charge in [-0.25, -0.2) is 4.79 Å². The molecule has 0 bridgehead atoms. The minimum atomic E-state index is -1.83. The number of rotatable bonds is 40. The highest BCUT2D eigenvalue weighted by atomic mass is 32.1. The monoisotopic (exact) mass is 1520 g/mol. The van der Waals surface area contributed by atoms with Gasteiger partial charge in [-0.15, -0.1) is 0 Å². The van der Waals surface area contributed by atoms with Crippen LogP contribution in [0.3, 0.4) is 0 Å². The first-order chi connectivity index (χ1) is 50.3. The lowest BCUT2D eigenvalue weighted by Gasteiger charge is -2.35. The molecule has 0 aliphatic carbocycles. The highest BCUT2D eigenvalue weighted by molar-refractivity contribution is 7.80. The van der Waals surface area contributed by atoms with Gasteiger partial charge in [0.1, 0.15) is 78.3 Å². The van der Waals surface area contributed by atoms with Gasteiger partial charge in [0.25, 0.3) is 0 Å². The van der Waals surface area contributed by atoms with Gasteiger partial charge in [-0.3, -0.25) is 67.7 Å². The van der Waals surface area contributed by atoms with Crippen LogP contribution in [0.2, 0.25) is 0 Å². The van der Waals surface area contributed by atoms with E-state index >= 15 is 0 Å². The van der Waals surface area contributed by atoms with Crippen LogP contribution in [-0.4, -0.2) is 259 Å². The number of carbonyl (C=O) groups excluding carboxylic acids is 13. The summed E-state index contributed by atoms with van der Waals surface area (Å²) in [6.45, 7) is 8.07. The Bertz CT molecular complexity index is 3420. The zero-order valence-corrected chi connectivity index (χ0v) is 62.3. The molecule has 3 fully saturated rings. The van der Waals surface area contributed by atoms with Crippen LogP contribution in [0.1, 0.15) is 117 Å². The summed E-state index contributed by atoms with van der Waals surface area (Å²) >= 11 is 8.32. The maximum atomic E-state index is 14.9. The number of aromatic hydroxyl groups is 1. The molecule has 3 aliphatic rings. The second-order valence-electron chi connectivity index (χ2n) is 26.9. The van der Waals surface area contributed by atoms with E-state index in [2.05, 4.69) is 83.7 Å². The first kappa shape index (κ1) is 87.3. The molecule has 2 aromatic rings. The first-order valence-corrected chi connectivity index (χ1v) is 36.9. The fourth-order valence-corrected chi connectivity index (χ4v) is 12.8. The number of hydrogen-bond donors (Lipinski definition) is 20. The Morgan fingerprint density at radius 1 is 0.547 bits per heavy atom. The van der Waals surface area contributed by atoms with Gasteiger partial charge in [0, 0.05) is 50.5 Å². The number of carbonyl (C=O) groups is 14. The number of nitrogens with zero attached hydrogens (tertiary/aromatic N) is 3. The Morgan fingerprint density at radius 3 is 1.64 bits per heavy atom. The van der Waals surface area contributed by atoms with Gasteiger partial charge in [-0.2, -0.15) is 25.3 Å². The number of phenolic OH excluding ortho intramolecular Hbond substituents is 1. The molecule has 13 amide bonds. The summed E-state index contributed by atoms with van der Waals surface area (Å²) in [7, 11) is 0. The maximum absolute atomic E-state index is 14.9. The number of carboxylic acid groups (broad SMARTS) is 1. The summed E-state index contributed by atoms with van der Waals surface area (Å²) in [5.41, 5.74) is 12.0. The average molecular weight is 1520 g/mol. The van der Waals surface area contributed by atoms with E-state index < -0.39 is 192 Å². The Labute approximate surface area is 626 Å². The molecular weight excluding hydrogens is 1420 g/mol. The van der Waals surface area contributed by atoms with Crippen molar-refractivity contribution in [1.29, 1.82) is 5.41 Å². The number of guanidine groups is 1. The molecule has 2 aromatic carbocycles. The molecule has 106 heavy (non-hydrogen) atoms. The minimum absolute atomic E-state index is 0.00955. The summed E-state index contributed by atoms with van der Waals surface area (Å²) in [6.07, 6.45) is 0.497. The van der Waals surface area contributed by atoms with Gasteiger partial charge in [-0.05, 0) is 100 Å². The van der Waals surface area contributed by atoms with E-state index in [1.165, 1.54) is 45.9 Å². The van der Waals surface area contributed by atoms with Crippen LogP contribution in [0.15, 0.2) is 54.6 Å². The summed E-state index contributed by atoms with van der Waals surface area (Å²) in [5.74, 6) is -13.9. The van der Waals surface area contributed by atoms with Crippen molar-refractivity contribution in [2.24, 2.45) is 23.3 Å². The number of phenols is 1. The number of likely N-dealkylation sites (tertiary alicyclic amines) is 3. The number of nitrogens with one attached hydrogen (secondary N) is 12. The predicted molar refractivity (Wildman–Crippen MR) is 392 cm³/mol. The zero-order chi connectivity index (χ0) is 78.6. The van der Waals surface area contributed by atoms with Crippen LogP contribution in [0.5, 0.6) is 5.75 Å². The van der Waals surface area contributed by atoms with E-state index in [1.807, 2.05) is 0 Å². The van der Waals surface area contributed by atoms with Gasteiger partial charge in [0.05, 0.1) is 25.3 Å². The third-order valence-corrected chi connectivity index (χ3v) is 19.8. The van der Waals surface area contributed by atoms with Crippen molar-refractivity contribution < 1.29 is 87.5 Å². The molecule has 37 heteroatoms. The molecule has 586 valence electrons. The third-order valence-electron chi connectivity index (χ3n) is 19.0. The molecule has 0 saturated carbocycles. The van der Waals surface area contributed by atoms with E-state index in [-0.39, 0.29) is 94.3 Å². The fourth-order valence-electron chi connectivity index (χ4n) is 12.4. The predicted octanol–water partition coefficient (Wildman–Crippen LogP) is -4.35. The van der Waals surface area contributed by atoms with E-state index in [4.69, 9.17) is 16.9 Å². The van der Waals surface area contributed by atoms with Gasteiger partial charge in [0.2, 0.25) is 76.8 Å². The van der Waals surface area contributed by atoms with Crippen LogP contribution in [0.25, 0.3) is 0 Å². The van der Waals surface area contributed by atoms with Crippen molar-refractivity contribution >= 4 is 114 Å². The molecule has 35 nitrogen and oxygen atoms in total. The van der Waals surface area contributed by atoms with Crippen LogP contribution >= 0.6 is 25.3 Å². The molecule has 0 spiro atoms. The Morgan fingerprint density at radius 2 is 1.06 bits per heavy atom. The normalized spacial score (nSPS) is 19.2. The molecule has 16 atom stereocenters. The molecule has 0 aromatic heterocycles. The second-order valence-corrected chi connectivity index (χ2v) is 27.6. The standard InChI is InChI=1S/C69H105N17O18S2/c1-7-36(3)53(63(98)80-48(35-106)61(96)78-46(31-40-16-10-9-11-17-40)65(100)86-29-15-21-51(86)68(103)104)81-62(97)49-19-13-27-84(49)66(101)50-20-14-28-85(50)67(102)54(37(4)8-2)82-60(95)47(33-87)79-59(94)45(30-41-22-24-42(89)25-23-41)77-64(99)55(39(6)88)83-56(91)38(5)75-58(93)44(18-12-26-73-69(71)72)76-52(90)32-74-57(92)43(70)34-105/h9-11,16-17,22-25,36-39,43-51,53-55,87-89,105-106H,7-8,12-15,18-21,26-35,70H2,1-6H3,(H,74,92)(H,75,93)(H,76,90)(H,77,99)(H,78,96)(H,79,94)(H,80,98)(H,81,97)(H,82,95)(H,83,91)(H,103,104)(H4,71,72,73)/t36-,37-,38-,39+,43-,44-,45-,46-,47-,48-,49-,50-,51-,53-,54-,55-/m0/s1. The Kier molecular flexibility index (Phi) is 35.2. The fraction of sp³-hybridized carbons (Fsp3) is 0.609. The van der Waals surface area contributed by atoms with Gasteiger partial charge in [0.15, 0.2) is 5.96 Å². The molecular formula is C69H105N17O18S2. The van der Waals surface area contributed by atoms with Crippen LogP contribution in [0.4, 0.5) is 0 Å². The molecule has 20 N–H and O–H groups in total. The lowest BCUT2D eigenvalue weighted by molar-refractivity contribution is -0.149. The van der Waals surface area contributed by atoms with E-state index in [9.17, 15) is 87.5 Å². The van der Waals surface area contributed by atoms with Crippen molar-refractivity contribution in [1.82, 2.24) is 73.2 Å². The maximum Gasteiger partial charge on any atom is 0.326 e. The largest absolute Gasteiger partial charge is 0.508 e. The van der Waals surface area contributed by atoms with Crippen LogP contribution in [0, 0.1) is 17.2 Å². The Hall–Kier alpha value is -9.33. The summed E-state index contributed by atoms with van der Waals surface area (Å²) < 4.78 is 0. The van der Waals surface area contributed by atoms with E-state index in [0.717, 1.165) is 6.92 Å². The van der Waals surface area contributed by atoms with Gasteiger partial charge >= 0.3 is 5.97 Å². The summed E-state index contributed by atoms with van der Waals surface area (Å²) in [6, 6.07) is -3.38. The SMILES string of the molecule is CC[C@H](C)[C@H](NC(=O)[C@@H]1CCCN1C(=O)[C@@H]1CCCN1C(=O)[C@@H](NC(=O)[C@H](CO)NC(=O)[C@H](Cc1ccc(O)cc1)NC(=O)[C@@H](NC(=O)[C@H](C)NC(=O)[C@H](CCCNC(=N)N)NC(=O)CNC(=O)[C@@H](N)CS)[C@@H](C)O)[C@@H](C)CC)C(=O)N[C@@H](CS)C(=O)N[C@@H](Cc1ccccc1)C(=O)N1CCC[C@H]1C(=O)O. The van der Waals surface area contributed by atoms with Crippen molar-refractivity contribution in [3.8, 4) is 5.75 Å². The van der Waals surface area contributed by atoms with Crippen molar-refractivity contribution in [3.63, 3.8) is 0 Å². The summed E-state index contributed by atoms with van der Waals surface area (Å²) in [5, 5.41) is 76.8. The number of amides is 13. The van der Waals surface area contributed by atoms with Crippen molar-refractivity contribution in [3.05, 3.63) is 65.7 Å². The van der Waals surface area contributed by atoms with Crippen LogP contribution < -0.4 is 70.0 Å². The van der Waals surface area contributed by atoms with Crippen LogP contribution in [-0.2, 0) is 80.0 Å². The average Bonchev–Trinajstić information content (AvgIpc) is 1.55. The number of nitrogens with two attached hydrogens (primary N) is 2. The molecule has 0 unspecified atom stereocenters. The lowest BCUT2D eigenvalue weighted by Crippen LogP contribution is -2.62. The second kappa shape index (κ2) is 42.7. The number of thiol groups is 2. The number of carboxylic acids is 1. The number of hydrogen-bond acceptors (Lipinski definition) is 21. The topological polar surface area (TPSA) is 538 Å². The highest BCUT2D eigenvalue weighted by Gasteiger charge is 2.46. The van der Waals surface area contributed by atoms with Gasteiger partial charge in [-0.1, -0.05) is 83.0 Å². The van der Waals surface area contributed by atoms with Gasteiger partial charge < -0.3 is 105 Å². The molecule has 5 rings (SSSR count). The molecule has 3 saturated heterocycles.